The third-order valence-corrected chi connectivity index (χ3v) is 7.71. The van der Waals surface area contributed by atoms with Gasteiger partial charge in [-0.2, -0.15) is 13.2 Å². The Hall–Kier alpha value is -3.77. The summed E-state index contributed by atoms with van der Waals surface area (Å²) in [5, 5.41) is 6.42. The number of alkyl halides is 3. The van der Waals surface area contributed by atoms with E-state index in [2.05, 4.69) is 44.3 Å². The number of anilines is 2. The largest absolute Gasteiger partial charge is 0.437 e. The number of thiazole rings is 1. The quantitative estimate of drug-likeness (QED) is 0.218. The van der Waals surface area contributed by atoms with Crippen LogP contribution in [0.3, 0.4) is 0 Å². The molecule has 4 aromatic rings. The topological polar surface area (TPSA) is 92.3 Å². The highest BCUT2D eigenvalue weighted by atomic mass is 32.1. The van der Waals surface area contributed by atoms with Crippen LogP contribution in [0.25, 0.3) is 21.5 Å². The summed E-state index contributed by atoms with van der Waals surface area (Å²) >= 11 is 1.32. The van der Waals surface area contributed by atoms with E-state index in [1.165, 1.54) is 30.7 Å². The highest BCUT2D eigenvalue weighted by Gasteiger charge is 2.32. The summed E-state index contributed by atoms with van der Waals surface area (Å²) in [6, 6.07) is 10.9. The summed E-state index contributed by atoms with van der Waals surface area (Å²) in [5.74, 6) is 0.915. The van der Waals surface area contributed by atoms with Gasteiger partial charge in [-0.05, 0) is 49.6 Å². The SMILES string of the molecule is CC(=O)Nc1nc2c(Oc3cc(-c4ccc(C(F)(F)F)cc4NC[C@H]4CCCN4CC(C)C)ncn3)cccc2s1. The summed E-state index contributed by atoms with van der Waals surface area (Å²) in [4.78, 5) is 26.9. The summed E-state index contributed by atoms with van der Waals surface area (Å²) in [6.07, 6.45) is -1.10. The lowest BCUT2D eigenvalue weighted by molar-refractivity contribution is -0.137. The number of hydrogen-bond acceptors (Lipinski definition) is 8. The second-order valence-corrected chi connectivity index (χ2v) is 11.5. The lowest BCUT2D eigenvalue weighted by Crippen LogP contribution is -2.37. The van der Waals surface area contributed by atoms with Gasteiger partial charge in [-0.15, -0.1) is 0 Å². The van der Waals surface area contributed by atoms with Crippen LogP contribution in [0, 0.1) is 5.92 Å². The Morgan fingerprint density at radius 1 is 1.20 bits per heavy atom. The van der Waals surface area contributed by atoms with E-state index in [0.717, 1.165) is 42.8 Å². The molecule has 0 spiro atoms. The van der Waals surface area contributed by atoms with Gasteiger partial charge in [0.15, 0.2) is 10.9 Å². The Morgan fingerprint density at radius 3 is 2.78 bits per heavy atom. The van der Waals surface area contributed by atoms with E-state index in [1.807, 2.05) is 6.07 Å². The lowest BCUT2D eigenvalue weighted by atomic mass is 10.0. The molecule has 1 atom stereocenters. The van der Waals surface area contributed by atoms with Crippen LogP contribution in [0.4, 0.5) is 24.0 Å². The highest BCUT2D eigenvalue weighted by molar-refractivity contribution is 7.22. The van der Waals surface area contributed by atoms with Gasteiger partial charge in [0.05, 0.1) is 16.0 Å². The maximum atomic E-state index is 13.6. The zero-order chi connectivity index (χ0) is 29.1. The lowest BCUT2D eigenvalue weighted by Gasteiger charge is -2.27. The number of amides is 1. The normalized spacial score (nSPS) is 15.9. The van der Waals surface area contributed by atoms with Crippen molar-refractivity contribution in [2.24, 2.45) is 5.92 Å². The molecule has 0 bridgehead atoms. The zero-order valence-corrected chi connectivity index (χ0v) is 23.8. The first-order valence-corrected chi connectivity index (χ1v) is 14.2. The van der Waals surface area contributed by atoms with Crippen molar-refractivity contribution in [2.45, 2.75) is 45.8 Å². The fraction of sp³-hybridized carbons (Fsp3) is 0.379. The van der Waals surface area contributed by atoms with Gasteiger partial charge >= 0.3 is 6.18 Å². The van der Waals surface area contributed by atoms with Gasteiger partial charge in [0.2, 0.25) is 11.8 Å². The number of carbonyl (C=O) groups is 1. The fourth-order valence-corrected chi connectivity index (χ4v) is 5.95. The summed E-state index contributed by atoms with van der Waals surface area (Å²) in [6.45, 7) is 8.21. The monoisotopic (exact) mass is 584 g/mol. The standard InChI is InChI=1S/C29H31F3N6O2S/c1-17(2)15-38-11-5-6-20(38)14-33-22-12-19(29(30,31)32)9-10-21(22)23-13-26(35-16-34-23)40-24-7-4-8-25-27(24)37-28(41-25)36-18(3)39/h4,7-10,12-13,16-17,20,33H,5-6,11,14-15H2,1-3H3,(H,36,37,39)/t20-/m1/s1. The minimum Gasteiger partial charge on any atom is -0.437 e. The molecule has 216 valence electrons. The molecule has 0 radical (unpaired) electrons. The Morgan fingerprint density at radius 2 is 2.02 bits per heavy atom. The van der Waals surface area contributed by atoms with Gasteiger partial charge in [-0.3, -0.25) is 9.69 Å². The summed E-state index contributed by atoms with van der Waals surface area (Å²) < 4.78 is 47.8. The van der Waals surface area contributed by atoms with E-state index in [1.54, 1.807) is 18.2 Å². The molecule has 0 saturated carbocycles. The number of benzene rings is 2. The Labute approximate surface area is 240 Å². The molecule has 2 aromatic carbocycles. The first kappa shape index (κ1) is 28.7. The molecule has 5 rings (SSSR count). The van der Waals surface area contributed by atoms with Crippen molar-refractivity contribution in [2.75, 3.05) is 30.3 Å². The number of fused-ring (bicyclic) bond motifs is 1. The molecular weight excluding hydrogens is 553 g/mol. The number of halogens is 3. The number of hydrogen-bond donors (Lipinski definition) is 2. The molecule has 0 unspecified atom stereocenters. The van der Waals surface area contributed by atoms with Crippen LogP contribution >= 0.6 is 11.3 Å². The zero-order valence-electron chi connectivity index (χ0n) is 23.0. The molecule has 2 aromatic heterocycles. The van der Waals surface area contributed by atoms with E-state index >= 15 is 0 Å². The van der Waals surface area contributed by atoms with Crippen LogP contribution in [-0.2, 0) is 11.0 Å². The Balaban J connectivity index is 1.43. The fourth-order valence-electron chi connectivity index (χ4n) is 5.02. The van der Waals surface area contributed by atoms with Crippen molar-refractivity contribution in [1.82, 2.24) is 19.9 Å². The summed E-state index contributed by atoms with van der Waals surface area (Å²) in [5.41, 5.74) is 1.10. The molecule has 0 aliphatic carbocycles. The second kappa shape index (κ2) is 12.0. The van der Waals surface area contributed by atoms with Crippen molar-refractivity contribution < 1.29 is 22.7 Å². The smallest absolute Gasteiger partial charge is 0.416 e. The first-order valence-electron chi connectivity index (χ1n) is 13.4. The number of likely N-dealkylation sites (tertiary alicyclic amines) is 1. The van der Waals surface area contributed by atoms with Crippen molar-refractivity contribution in [3.8, 4) is 22.9 Å². The van der Waals surface area contributed by atoms with Gasteiger partial charge in [0.1, 0.15) is 11.8 Å². The van der Waals surface area contributed by atoms with Crippen LogP contribution in [0.15, 0.2) is 48.8 Å². The Kier molecular flexibility index (Phi) is 8.41. The second-order valence-electron chi connectivity index (χ2n) is 10.5. The van der Waals surface area contributed by atoms with Gasteiger partial charge in [0.25, 0.3) is 0 Å². The molecule has 1 aliphatic rings. The molecule has 1 amide bonds. The molecule has 41 heavy (non-hydrogen) atoms. The van der Waals surface area contributed by atoms with Crippen molar-refractivity contribution >= 4 is 38.3 Å². The van der Waals surface area contributed by atoms with Gasteiger partial charge in [-0.1, -0.05) is 37.3 Å². The molecule has 8 nitrogen and oxygen atoms in total. The van der Waals surface area contributed by atoms with Crippen molar-refractivity contribution in [3.63, 3.8) is 0 Å². The maximum absolute atomic E-state index is 13.6. The predicted octanol–water partition coefficient (Wildman–Crippen LogP) is 7.06. The third kappa shape index (κ3) is 6.94. The van der Waals surface area contributed by atoms with Crippen LogP contribution in [0.1, 0.15) is 39.2 Å². The number of nitrogens with zero attached hydrogens (tertiary/aromatic N) is 4. The van der Waals surface area contributed by atoms with Crippen molar-refractivity contribution in [3.05, 3.63) is 54.4 Å². The first-order chi connectivity index (χ1) is 19.6. The number of rotatable bonds is 9. The van der Waals surface area contributed by atoms with Crippen molar-refractivity contribution in [1.29, 1.82) is 0 Å². The molecule has 12 heteroatoms. The number of nitrogens with one attached hydrogen (secondary N) is 2. The molecule has 1 saturated heterocycles. The molecule has 2 N–H and O–H groups in total. The minimum absolute atomic E-state index is 0.210. The summed E-state index contributed by atoms with van der Waals surface area (Å²) in [7, 11) is 0. The van der Waals surface area contributed by atoms with Crippen LogP contribution in [0.5, 0.6) is 11.6 Å². The molecule has 1 aliphatic heterocycles. The average Bonchev–Trinajstić information content (AvgIpc) is 3.52. The van der Waals surface area contributed by atoms with E-state index in [4.69, 9.17) is 4.74 Å². The van der Waals surface area contributed by atoms with E-state index in [-0.39, 0.29) is 17.8 Å². The maximum Gasteiger partial charge on any atom is 0.416 e. The average molecular weight is 585 g/mol. The predicted molar refractivity (Wildman–Crippen MR) is 154 cm³/mol. The van der Waals surface area contributed by atoms with Gasteiger partial charge in [0, 0.05) is 43.4 Å². The number of carbonyl (C=O) groups excluding carboxylic acids is 1. The van der Waals surface area contributed by atoms with E-state index in [9.17, 15) is 18.0 Å². The number of ether oxygens (including phenoxy) is 1. The van der Waals surface area contributed by atoms with Crippen LogP contribution in [-0.4, -0.2) is 51.4 Å². The van der Waals surface area contributed by atoms with Gasteiger partial charge in [-0.25, -0.2) is 15.0 Å². The molecule has 3 heterocycles. The number of aromatic nitrogens is 3. The number of para-hydroxylation sites is 1. The Bertz CT molecular complexity index is 1540. The van der Waals surface area contributed by atoms with Crippen LogP contribution in [0.2, 0.25) is 0 Å². The van der Waals surface area contributed by atoms with E-state index in [0.29, 0.717) is 45.8 Å². The van der Waals surface area contributed by atoms with E-state index < -0.39 is 11.7 Å². The molecular formula is C29H31F3N6O2S. The highest BCUT2D eigenvalue weighted by Crippen LogP contribution is 2.38. The third-order valence-electron chi connectivity index (χ3n) is 6.77. The minimum atomic E-state index is -4.48. The van der Waals surface area contributed by atoms with Crippen LogP contribution < -0.4 is 15.4 Å². The van der Waals surface area contributed by atoms with Gasteiger partial charge < -0.3 is 15.4 Å². The molecule has 1 fully saturated rings.